The molecular weight excluding hydrogens is 374 g/mol. The molecule has 0 fully saturated rings. The van der Waals surface area contributed by atoms with Crippen LogP contribution in [-0.4, -0.2) is 24.3 Å². The molecule has 2 aromatic carbocycles. The summed E-state index contributed by atoms with van der Waals surface area (Å²) >= 11 is 3.51. The van der Waals surface area contributed by atoms with Crippen LogP contribution in [0.25, 0.3) is 0 Å². The third kappa shape index (κ3) is 2.71. The minimum atomic E-state index is -0.802. The Bertz CT molecular complexity index is 808. The average molecular weight is 390 g/mol. The van der Waals surface area contributed by atoms with E-state index in [1.165, 1.54) is 0 Å². The first-order chi connectivity index (χ1) is 11.6. The lowest BCUT2D eigenvalue weighted by Gasteiger charge is -2.14. The van der Waals surface area contributed by atoms with E-state index in [0.717, 1.165) is 32.8 Å². The van der Waals surface area contributed by atoms with E-state index >= 15 is 0 Å². The lowest BCUT2D eigenvalue weighted by Crippen LogP contribution is -2.11. The normalized spacial score (nSPS) is 20.7. The molecule has 0 unspecified atom stereocenters. The first-order valence-electron chi connectivity index (χ1n) is 7.78. The second kappa shape index (κ2) is 6.02. The van der Waals surface area contributed by atoms with E-state index in [9.17, 15) is 4.79 Å². The lowest BCUT2D eigenvalue weighted by atomic mass is 9.97. The fourth-order valence-electron chi connectivity index (χ4n) is 3.28. The van der Waals surface area contributed by atoms with Crippen LogP contribution >= 0.6 is 15.9 Å². The van der Waals surface area contributed by atoms with E-state index in [0.29, 0.717) is 13.2 Å². The number of halogens is 1. The molecule has 2 aliphatic rings. The zero-order chi connectivity index (χ0) is 16.7. The first kappa shape index (κ1) is 15.3. The van der Waals surface area contributed by atoms with Crippen LogP contribution in [0.15, 0.2) is 40.9 Å². The smallest absolute Gasteiger partial charge is 0.304 e. The number of aliphatic carboxylic acids is 1. The molecule has 0 aliphatic carbocycles. The highest BCUT2D eigenvalue weighted by Crippen LogP contribution is 2.41. The number of fused-ring (bicyclic) bond motifs is 2. The van der Waals surface area contributed by atoms with Gasteiger partial charge in [0.15, 0.2) is 0 Å². The molecule has 5 nitrogen and oxygen atoms in total. The number of hydrogen-bond donors (Lipinski definition) is 2. The predicted molar refractivity (Wildman–Crippen MR) is 92.9 cm³/mol. The number of ether oxygens (including phenoxy) is 2. The van der Waals surface area contributed by atoms with Crippen molar-refractivity contribution in [2.24, 2.45) is 0 Å². The van der Waals surface area contributed by atoms with E-state index in [2.05, 4.69) is 27.3 Å². The molecule has 2 heterocycles. The van der Waals surface area contributed by atoms with Gasteiger partial charge in [-0.3, -0.25) is 4.79 Å². The van der Waals surface area contributed by atoms with Crippen LogP contribution in [0.5, 0.6) is 11.5 Å². The number of anilines is 1. The van der Waals surface area contributed by atoms with E-state index in [4.69, 9.17) is 14.6 Å². The Balaban J connectivity index is 1.54. The van der Waals surface area contributed by atoms with Gasteiger partial charge in [0.05, 0.1) is 23.5 Å². The van der Waals surface area contributed by atoms with Gasteiger partial charge in [-0.05, 0) is 28.1 Å². The van der Waals surface area contributed by atoms with Crippen molar-refractivity contribution in [3.8, 4) is 11.5 Å². The fraction of sp³-hybridized carbons (Fsp3) is 0.278. The van der Waals surface area contributed by atoms with Gasteiger partial charge < -0.3 is 19.9 Å². The minimum absolute atomic E-state index is 0.0713. The van der Waals surface area contributed by atoms with Crippen LogP contribution in [-0.2, 0) is 4.79 Å². The average Bonchev–Trinajstić information content (AvgIpc) is 3.13. The Morgan fingerprint density at radius 1 is 1.21 bits per heavy atom. The van der Waals surface area contributed by atoms with Crippen molar-refractivity contribution in [2.45, 2.75) is 18.4 Å². The van der Waals surface area contributed by atoms with Crippen LogP contribution in [0.1, 0.15) is 29.5 Å². The maximum atomic E-state index is 10.9. The van der Waals surface area contributed by atoms with Gasteiger partial charge in [0.1, 0.15) is 18.1 Å². The van der Waals surface area contributed by atoms with Crippen LogP contribution < -0.4 is 14.8 Å². The van der Waals surface area contributed by atoms with Crippen molar-refractivity contribution >= 4 is 27.6 Å². The van der Waals surface area contributed by atoms with Gasteiger partial charge in [0.2, 0.25) is 0 Å². The van der Waals surface area contributed by atoms with E-state index in [1.54, 1.807) is 0 Å². The van der Waals surface area contributed by atoms with Gasteiger partial charge in [-0.25, -0.2) is 0 Å². The molecule has 124 valence electrons. The summed E-state index contributed by atoms with van der Waals surface area (Å²) in [6.45, 7) is 0.991. The van der Waals surface area contributed by atoms with Gasteiger partial charge >= 0.3 is 5.97 Å². The number of rotatable bonds is 4. The topological polar surface area (TPSA) is 67.8 Å². The molecule has 0 bridgehead atoms. The van der Waals surface area contributed by atoms with Crippen LogP contribution in [0.2, 0.25) is 0 Å². The van der Waals surface area contributed by atoms with Crippen molar-refractivity contribution in [3.05, 3.63) is 52.0 Å². The van der Waals surface area contributed by atoms with Crippen LogP contribution in [0.4, 0.5) is 5.69 Å². The molecule has 0 spiro atoms. The van der Waals surface area contributed by atoms with Gasteiger partial charge in [0.25, 0.3) is 0 Å². The largest absolute Gasteiger partial charge is 0.493 e. The summed E-state index contributed by atoms with van der Waals surface area (Å²) in [5.41, 5.74) is 3.02. The van der Waals surface area contributed by atoms with Crippen LogP contribution in [0, 0.1) is 0 Å². The highest BCUT2D eigenvalue weighted by atomic mass is 79.9. The molecule has 2 atom stereocenters. The molecule has 6 heteroatoms. The summed E-state index contributed by atoms with van der Waals surface area (Å²) in [5.74, 6) is 0.774. The molecule has 4 rings (SSSR count). The van der Waals surface area contributed by atoms with Gasteiger partial charge in [-0.2, -0.15) is 0 Å². The van der Waals surface area contributed by atoms with E-state index < -0.39 is 5.97 Å². The lowest BCUT2D eigenvalue weighted by molar-refractivity contribution is -0.137. The number of carboxylic acid groups (broad SMARTS) is 1. The summed E-state index contributed by atoms with van der Waals surface area (Å²) in [5, 5.41) is 12.4. The van der Waals surface area contributed by atoms with Crippen molar-refractivity contribution < 1.29 is 19.4 Å². The quantitative estimate of drug-likeness (QED) is 0.828. The first-order valence-corrected chi connectivity index (χ1v) is 8.57. The number of para-hydroxylation sites is 1. The summed E-state index contributed by atoms with van der Waals surface area (Å²) in [7, 11) is 0. The maximum Gasteiger partial charge on any atom is 0.304 e. The zero-order valence-corrected chi connectivity index (χ0v) is 14.4. The fourth-order valence-corrected chi connectivity index (χ4v) is 3.77. The zero-order valence-electron chi connectivity index (χ0n) is 12.8. The molecule has 0 saturated carbocycles. The molecule has 2 aromatic rings. The summed E-state index contributed by atoms with van der Waals surface area (Å²) in [4.78, 5) is 10.9. The minimum Gasteiger partial charge on any atom is -0.493 e. The molecule has 0 saturated heterocycles. The highest BCUT2D eigenvalue weighted by molar-refractivity contribution is 9.10. The monoisotopic (exact) mass is 389 g/mol. The Hall–Kier alpha value is -2.21. The number of nitrogens with one attached hydrogen (secondary N) is 1. The van der Waals surface area contributed by atoms with Crippen molar-refractivity contribution in [2.75, 3.05) is 18.5 Å². The summed E-state index contributed by atoms with van der Waals surface area (Å²) in [6, 6.07) is 12.0. The van der Waals surface area contributed by atoms with E-state index in [-0.39, 0.29) is 18.4 Å². The third-order valence-corrected chi connectivity index (χ3v) is 5.05. The Morgan fingerprint density at radius 2 is 2.08 bits per heavy atom. The molecule has 2 N–H and O–H groups in total. The molecular formula is C18H16BrNO4. The van der Waals surface area contributed by atoms with Gasteiger partial charge in [-0.15, -0.1) is 0 Å². The standard InChI is InChI=1S/C18H16BrNO4/c19-14-3-1-2-13-15(9-24-18(13)14)20-11-4-5-12-10(6-17(21)22)8-23-16(12)7-11/h1-5,7,10,15,20H,6,8-9H2,(H,21,22)/t10-,15+/m1/s1. The molecule has 24 heavy (non-hydrogen) atoms. The highest BCUT2D eigenvalue weighted by Gasteiger charge is 2.28. The number of carbonyl (C=O) groups is 1. The van der Waals surface area contributed by atoms with Crippen LogP contribution in [0.3, 0.4) is 0 Å². The maximum absolute atomic E-state index is 10.9. The second-order valence-corrected chi connectivity index (χ2v) is 6.88. The Morgan fingerprint density at radius 3 is 2.92 bits per heavy atom. The number of benzene rings is 2. The molecule has 0 aromatic heterocycles. The summed E-state index contributed by atoms with van der Waals surface area (Å²) in [6.07, 6.45) is 0.0949. The molecule has 2 aliphatic heterocycles. The number of hydrogen-bond acceptors (Lipinski definition) is 4. The van der Waals surface area contributed by atoms with Crippen molar-refractivity contribution in [1.82, 2.24) is 0 Å². The Kier molecular flexibility index (Phi) is 3.84. The third-order valence-electron chi connectivity index (χ3n) is 4.42. The number of carboxylic acids is 1. The Labute approximate surface area is 147 Å². The summed E-state index contributed by atoms with van der Waals surface area (Å²) < 4.78 is 12.4. The predicted octanol–water partition coefficient (Wildman–Crippen LogP) is 3.95. The van der Waals surface area contributed by atoms with Crippen molar-refractivity contribution in [1.29, 1.82) is 0 Å². The molecule has 0 radical (unpaired) electrons. The van der Waals surface area contributed by atoms with Gasteiger partial charge in [0, 0.05) is 28.8 Å². The second-order valence-electron chi connectivity index (χ2n) is 6.02. The van der Waals surface area contributed by atoms with Gasteiger partial charge in [-0.1, -0.05) is 18.2 Å². The molecule has 0 amide bonds. The van der Waals surface area contributed by atoms with E-state index in [1.807, 2.05) is 30.3 Å². The SMILES string of the molecule is O=C(O)C[C@@H]1COc2cc(N[C@H]3COc4c(Br)cccc43)ccc21. The van der Waals surface area contributed by atoms with Crippen molar-refractivity contribution in [3.63, 3.8) is 0 Å².